The second-order valence-electron chi connectivity index (χ2n) is 15.9. The molecule has 10 heteroatoms. The molecule has 0 radical (unpaired) electrons. The first-order valence-electron chi connectivity index (χ1n) is 25.3. The third-order valence-electron chi connectivity index (χ3n) is 9.72. The summed E-state index contributed by atoms with van der Waals surface area (Å²) in [4.78, 5) is 35.1. The van der Waals surface area contributed by atoms with Gasteiger partial charge in [0.15, 0.2) is 6.10 Å². The van der Waals surface area contributed by atoms with Gasteiger partial charge in [-0.1, -0.05) is 192 Å². The Kier molecular flexibility index (Phi) is 48.1. The summed E-state index contributed by atoms with van der Waals surface area (Å²) >= 11 is 0. The second-order valence-corrected chi connectivity index (χ2v) is 17.4. The molecule has 0 heterocycles. The van der Waals surface area contributed by atoms with E-state index in [-0.39, 0.29) is 32.6 Å². The molecule has 0 aromatic heterocycles. The predicted octanol–water partition coefficient (Wildman–Crippen LogP) is 15.6. The quantitative estimate of drug-likeness (QED) is 0.0265. The van der Waals surface area contributed by atoms with E-state index in [1.54, 1.807) is 0 Å². The van der Waals surface area contributed by atoms with E-state index >= 15 is 0 Å². The third kappa shape index (κ3) is 51.1. The molecule has 0 spiro atoms. The summed E-state index contributed by atoms with van der Waals surface area (Å²) in [6, 6.07) is 0. The molecule has 0 aromatic carbocycles. The fraction of sp³-hybridized carbons (Fsp3) is 0.544. The van der Waals surface area contributed by atoms with Crippen LogP contribution in [0, 0.1) is 0 Å². The van der Waals surface area contributed by atoms with Crippen LogP contribution in [0.25, 0.3) is 0 Å². The molecule has 2 unspecified atom stereocenters. The van der Waals surface area contributed by atoms with Crippen LogP contribution in [0.15, 0.2) is 146 Å². The van der Waals surface area contributed by atoms with Crippen LogP contribution in [0.4, 0.5) is 0 Å². The van der Waals surface area contributed by atoms with Gasteiger partial charge in [0.2, 0.25) is 0 Å². The maximum Gasteiger partial charge on any atom is 0.472 e. The minimum atomic E-state index is -4.41. The first-order valence-corrected chi connectivity index (χ1v) is 26.8. The van der Waals surface area contributed by atoms with Gasteiger partial charge < -0.3 is 20.1 Å². The van der Waals surface area contributed by atoms with Crippen LogP contribution in [0.5, 0.6) is 0 Å². The molecule has 3 N–H and O–H groups in total. The second kappa shape index (κ2) is 51.3. The van der Waals surface area contributed by atoms with Crippen LogP contribution in [0.2, 0.25) is 0 Å². The molecule has 0 saturated carbocycles. The van der Waals surface area contributed by atoms with Crippen LogP contribution in [-0.4, -0.2) is 49.3 Å². The highest BCUT2D eigenvalue weighted by molar-refractivity contribution is 7.47. The van der Waals surface area contributed by atoms with Gasteiger partial charge in [0.25, 0.3) is 0 Å². The molecule has 0 bridgehead atoms. The highest BCUT2D eigenvalue weighted by Crippen LogP contribution is 2.43. The third-order valence-corrected chi connectivity index (χ3v) is 10.7. The van der Waals surface area contributed by atoms with Crippen molar-refractivity contribution in [1.82, 2.24) is 0 Å². The van der Waals surface area contributed by atoms with Gasteiger partial charge in [-0.3, -0.25) is 18.6 Å². The Morgan fingerprint density at radius 1 is 0.448 bits per heavy atom. The average Bonchev–Trinajstić information content (AvgIpc) is 3.32. The fourth-order valence-electron chi connectivity index (χ4n) is 6.06. The summed E-state index contributed by atoms with van der Waals surface area (Å²) in [6.45, 7) is 3.40. The smallest absolute Gasteiger partial charge is 0.462 e. The van der Waals surface area contributed by atoms with Crippen molar-refractivity contribution in [2.24, 2.45) is 5.73 Å². The minimum Gasteiger partial charge on any atom is -0.462 e. The Morgan fingerprint density at radius 2 is 0.791 bits per heavy atom. The van der Waals surface area contributed by atoms with Gasteiger partial charge >= 0.3 is 19.8 Å². The number of esters is 2. The highest BCUT2D eigenvalue weighted by Gasteiger charge is 2.26. The maximum absolute atomic E-state index is 12.6. The lowest BCUT2D eigenvalue weighted by atomic mass is 10.1. The Morgan fingerprint density at radius 3 is 1.19 bits per heavy atom. The number of nitrogens with two attached hydrogens (primary N) is 1. The monoisotopic (exact) mass is 948 g/mol. The standard InChI is InChI=1S/C57H90NO8P/c1-3-5-7-9-11-13-15-17-19-21-23-25-27-29-31-33-35-37-39-41-43-45-47-49-56(59)63-53-55(54-65-67(61,62)64-52-51-58)66-57(60)50-48-46-44-42-40-38-36-34-32-30-28-26-24-22-20-18-16-14-12-10-8-6-4-2/h5-8,11-14,17-20,23-26,29-32,36,38,42,44,55H,3-4,9-10,15-16,21-22,27-28,33-35,37,39-41,43,45-54,58H2,1-2H3,(H,61,62)/b7-5-,8-6-,13-11-,14-12-,19-17-,20-18-,25-23-,26-24-,31-29-,32-30-,38-36-,44-42-. The molecule has 2 atom stereocenters. The number of unbranched alkanes of at least 4 members (excludes halogenated alkanes) is 8. The fourth-order valence-corrected chi connectivity index (χ4v) is 6.83. The molecule has 0 aromatic rings. The van der Waals surface area contributed by atoms with E-state index < -0.39 is 32.5 Å². The molecule has 0 saturated heterocycles. The zero-order valence-electron chi connectivity index (χ0n) is 41.6. The summed E-state index contributed by atoms with van der Waals surface area (Å²) in [6.07, 6.45) is 73.2. The molecule has 0 aliphatic carbocycles. The number of carbonyl (C=O) groups excluding carboxylic acids is 2. The molecular formula is C57H90NO8P. The summed E-state index contributed by atoms with van der Waals surface area (Å²) in [5.41, 5.74) is 5.36. The van der Waals surface area contributed by atoms with Crippen LogP contribution < -0.4 is 5.73 Å². The number of hydrogen-bond acceptors (Lipinski definition) is 8. The van der Waals surface area contributed by atoms with E-state index in [9.17, 15) is 19.0 Å². The number of carbonyl (C=O) groups is 2. The molecule has 0 amide bonds. The molecule has 67 heavy (non-hydrogen) atoms. The van der Waals surface area contributed by atoms with Crippen LogP contribution in [-0.2, 0) is 32.7 Å². The van der Waals surface area contributed by atoms with Crippen LogP contribution >= 0.6 is 7.82 Å². The van der Waals surface area contributed by atoms with E-state index in [4.69, 9.17) is 24.3 Å². The van der Waals surface area contributed by atoms with E-state index in [2.05, 4.69) is 154 Å². The number of rotatable bonds is 45. The number of phosphoric acid groups is 1. The number of allylic oxidation sites excluding steroid dienone is 24. The lowest BCUT2D eigenvalue weighted by Gasteiger charge is -2.19. The van der Waals surface area contributed by atoms with Crippen molar-refractivity contribution in [2.75, 3.05) is 26.4 Å². The van der Waals surface area contributed by atoms with Crippen LogP contribution in [0.1, 0.15) is 168 Å². The van der Waals surface area contributed by atoms with Gasteiger partial charge in [0.05, 0.1) is 13.2 Å². The number of hydrogen-bond donors (Lipinski definition) is 2. The van der Waals surface area contributed by atoms with E-state index in [0.29, 0.717) is 19.3 Å². The highest BCUT2D eigenvalue weighted by atomic mass is 31.2. The number of phosphoric ester groups is 1. The summed E-state index contributed by atoms with van der Waals surface area (Å²) in [5, 5.41) is 0. The van der Waals surface area contributed by atoms with Gasteiger partial charge in [0, 0.05) is 19.4 Å². The van der Waals surface area contributed by atoms with Crippen LogP contribution in [0.3, 0.4) is 0 Å². The zero-order chi connectivity index (χ0) is 48.8. The van der Waals surface area contributed by atoms with Crippen molar-refractivity contribution < 1.29 is 37.6 Å². The van der Waals surface area contributed by atoms with Crippen molar-refractivity contribution in [1.29, 1.82) is 0 Å². The Labute approximate surface area is 407 Å². The van der Waals surface area contributed by atoms with Gasteiger partial charge in [0.1, 0.15) is 6.61 Å². The molecular weight excluding hydrogens is 858 g/mol. The van der Waals surface area contributed by atoms with E-state index in [1.807, 2.05) is 6.08 Å². The largest absolute Gasteiger partial charge is 0.472 e. The topological polar surface area (TPSA) is 134 Å². The summed E-state index contributed by atoms with van der Waals surface area (Å²) in [7, 11) is -4.41. The zero-order valence-corrected chi connectivity index (χ0v) is 42.5. The molecule has 9 nitrogen and oxygen atoms in total. The average molecular weight is 948 g/mol. The lowest BCUT2D eigenvalue weighted by molar-refractivity contribution is -0.161. The van der Waals surface area contributed by atoms with Crippen molar-refractivity contribution in [3.05, 3.63) is 146 Å². The van der Waals surface area contributed by atoms with Gasteiger partial charge in [-0.25, -0.2) is 4.57 Å². The summed E-state index contributed by atoms with van der Waals surface area (Å²) < 4.78 is 32.8. The molecule has 0 aliphatic heterocycles. The molecule has 376 valence electrons. The van der Waals surface area contributed by atoms with Gasteiger partial charge in [-0.15, -0.1) is 0 Å². The number of ether oxygens (including phenoxy) is 2. The molecule has 0 aliphatic rings. The molecule has 0 fully saturated rings. The SMILES string of the molecule is CC/C=C\C/C=C\C/C=C\C/C=C\C/C=C\C/C=C\C/C=C\CCCC(=O)OC(COC(=O)CCCCCCCCC/C=C\C/C=C\C/C=C\C/C=C\C/C=C\CC)COP(=O)(O)OCCN. The lowest BCUT2D eigenvalue weighted by Crippen LogP contribution is -2.29. The Bertz CT molecular complexity index is 1600. The minimum absolute atomic E-state index is 0.0333. The first kappa shape index (κ1) is 62.9. The van der Waals surface area contributed by atoms with Crippen molar-refractivity contribution in [2.45, 2.75) is 174 Å². The Balaban J connectivity index is 4.24. The van der Waals surface area contributed by atoms with Crippen molar-refractivity contribution in [3.8, 4) is 0 Å². The first-order chi connectivity index (χ1) is 32.8. The van der Waals surface area contributed by atoms with E-state index in [1.165, 1.54) is 19.3 Å². The van der Waals surface area contributed by atoms with E-state index in [0.717, 1.165) is 103 Å². The van der Waals surface area contributed by atoms with Gasteiger partial charge in [-0.2, -0.15) is 0 Å². The predicted molar refractivity (Wildman–Crippen MR) is 283 cm³/mol. The summed E-state index contributed by atoms with van der Waals surface area (Å²) in [5.74, 6) is -0.926. The molecule has 0 rings (SSSR count). The van der Waals surface area contributed by atoms with Crippen molar-refractivity contribution in [3.63, 3.8) is 0 Å². The Hall–Kier alpha value is -4.11. The van der Waals surface area contributed by atoms with Crippen molar-refractivity contribution >= 4 is 19.8 Å². The van der Waals surface area contributed by atoms with Gasteiger partial charge in [-0.05, 0) is 109 Å². The maximum atomic E-state index is 12.6. The normalized spacial score (nSPS) is 14.4.